The highest BCUT2D eigenvalue weighted by atomic mass is 32.1. The summed E-state index contributed by atoms with van der Waals surface area (Å²) in [5.41, 5.74) is 0. The van der Waals surface area contributed by atoms with Gasteiger partial charge in [-0.3, -0.25) is 0 Å². The first kappa shape index (κ1) is 11.5. The Kier molecular flexibility index (Phi) is 3.91. The lowest BCUT2D eigenvalue weighted by molar-refractivity contribution is -0.0477. The molecule has 0 aliphatic rings. The van der Waals surface area contributed by atoms with Gasteiger partial charge in [0.05, 0.1) is 11.6 Å². The molecular weight excluding hydrogens is 210 g/mol. The monoisotopic (exact) mass is 222 g/mol. The zero-order valence-corrected chi connectivity index (χ0v) is 8.57. The van der Waals surface area contributed by atoms with E-state index in [9.17, 15) is 8.78 Å². The van der Waals surface area contributed by atoms with Crippen molar-refractivity contribution in [2.75, 3.05) is 13.2 Å². The highest BCUT2D eigenvalue weighted by Gasteiger charge is 2.26. The summed E-state index contributed by atoms with van der Waals surface area (Å²) in [6, 6.07) is 0. The highest BCUT2D eigenvalue weighted by molar-refractivity contribution is 7.11. The number of aliphatic hydroxyl groups excluding tert-OH is 1. The van der Waals surface area contributed by atoms with Crippen LogP contribution in [0.4, 0.5) is 8.78 Å². The van der Waals surface area contributed by atoms with Crippen LogP contribution in [-0.2, 0) is 6.54 Å². The van der Waals surface area contributed by atoms with Crippen molar-refractivity contribution in [2.24, 2.45) is 0 Å². The summed E-state index contributed by atoms with van der Waals surface area (Å²) in [5.74, 6) is -3.04. The second kappa shape index (κ2) is 4.77. The number of aromatic nitrogens is 1. The van der Waals surface area contributed by atoms with Gasteiger partial charge in [-0.2, -0.15) is 0 Å². The summed E-state index contributed by atoms with van der Waals surface area (Å²) in [6.45, 7) is 0.583. The Morgan fingerprint density at radius 3 is 2.86 bits per heavy atom. The Bertz CT molecular complexity index is 291. The van der Waals surface area contributed by atoms with Crippen LogP contribution in [0.2, 0.25) is 0 Å². The molecule has 0 aliphatic carbocycles. The van der Waals surface area contributed by atoms with Gasteiger partial charge in [0.15, 0.2) is 0 Å². The van der Waals surface area contributed by atoms with Gasteiger partial charge in [-0.1, -0.05) is 0 Å². The van der Waals surface area contributed by atoms with Crippen LogP contribution in [0.25, 0.3) is 0 Å². The number of aliphatic hydroxyl groups is 1. The van der Waals surface area contributed by atoms with Gasteiger partial charge >= 0.3 is 0 Å². The van der Waals surface area contributed by atoms with Crippen molar-refractivity contribution in [2.45, 2.75) is 19.4 Å². The molecule has 3 nitrogen and oxygen atoms in total. The number of rotatable bonds is 5. The molecule has 1 aromatic heterocycles. The van der Waals surface area contributed by atoms with E-state index in [1.165, 1.54) is 11.3 Å². The SMILES string of the molecule is Cc1ncc(CNCC(F)(F)CO)s1. The van der Waals surface area contributed by atoms with Crippen LogP contribution in [0.5, 0.6) is 0 Å². The molecular formula is C8H12F2N2OS. The minimum Gasteiger partial charge on any atom is -0.390 e. The maximum Gasteiger partial charge on any atom is 0.282 e. The highest BCUT2D eigenvalue weighted by Crippen LogP contribution is 2.13. The van der Waals surface area contributed by atoms with Crippen LogP contribution in [-0.4, -0.2) is 29.2 Å². The Hall–Kier alpha value is -0.590. The molecule has 14 heavy (non-hydrogen) atoms. The summed E-state index contributed by atoms with van der Waals surface area (Å²) < 4.78 is 25.1. The minimum atomic E-state index is -3.04. The molecule has 1 heterocycles. The van der Waals surface area contributed by atoms with Crippen LogP contribution >= 0.6 is 11.3 Å². The average Bonchev–Trinajstić information content (AvgIpc) is 2.51. The molecule has 0 spiro atoms. The van der Waals surface area contributed by atoms with Crippen molar-refractivity contribution < 1.29 is 13.9 Å². The standard InChI is InChI=1S/C8H12F2N2OS/c1-6-12-3-7(14-6)2-11-4-8(9,10)5-13/h3,11,13H,2,4-5H2,1H3. The zero-order chi connectivity index (χ0) is 10.6. The lowest BCUT2D eigenvalue weighted by atomic mass is 10.3. The predicted octanol–water partition coefficient (Wildman–Crippen LogP) is 1.17. The van der Waals surface area contributed by atoms with E-state index in [1.807, 2.05) is 6.92 Å². The first-order valence-corrected chi connectivity index (χ1v) is 4.96. The Morgan fingerprint density at radius 1 is 1.64 bits per heavy atom. The van der Waals surface area contributed by atoms with Crippen LogP contribution in [0.15, 0.2) is 6.20 Å². The van der Waals surface area contributed by atoms with Crippen molar-refractivity contribution in [3.8, 4) is 0 Å². The summed E-state index contributed by atoms with van der Waals surface area (Å²) in [7, 11) is 0. The van der Waals surface area contributed by atoms with E-state index in [1.54, 1.807) is 6.20 Å². The number of thiazole rings is 1. The lowest BCUT2D eigenvalue weighted by Crippen LogP contribution is -2.35. The van der Waals surface area contributed by atoms with E-state index in [0.717, 1.165) is 9.88 Å². The summed E-state index contributed by atoms with van der Waals surface area (Å²) in [6.07, 6.45) is 1.66. The van der Waals surface area contributed by atoms with E-state index < -0.39 is 19.1 Å². The fraction of sp³-hybridized carbons (Fsp3) is 0.625. The van der Waals surface area contributed by atoms with E-state index >= 15 is 0 Å². The largest absolute Gasteiger partial charge is 0.390 e. The van der Waals surface area contributed by atoms with E-state index in [2.05, 4.69) is 10.3 Å². The van der Waals surface area contributed by atoms with Gasteiger partial charge in [0, 0.05) is 17.6 Å². The maximum atomic E-state index is 12.5. The summed E-state index contributed by atoms with van der Waals surface area (Å²) in [5, 5.41) is 11.8. The molecule has 0 saturated carbocycles. The minimum absolute atomic E-state index is 0.362. The molecule has 6 heteroatoms. The topological polar surface area (TPSA) is 45.2 Å². The quantitative estimate of drug-likeness (QED) is 0.786. The van der Waals surface area contributed by atoms with Crippen molar-refractivity contribution in [3.05, 3.63) is 16.1 Å². The number of aryl methyl sites for hydroxylation is 1. The van der Waals surface area contributed by atoms with Gasteiger partial charge in [-0.15, -0.1) is 11.3 Å². The Balaban J connectivity index is 2.28. The van der Waals surface area contributed by atoms with Gasteiger partial charge in [-0.25, -0.2) is 13.8 Å². The predicted molar refractivity (Wildman–Crippen MR) is 50.6 cm³/mol. The van der Waals surface area contributed by atoms with Crippen molar-refractivity contribution in [3.63, 3.8) is 0 Å². The molecule has 0 unspecified atom stereocenters. The summed E-state index contributed by atoms with van der Waals surface area (Å²) >= 11 is 1.46. The fourth-order valence-electron chi connectivity index (χ4n) is 0.912. The Labute approximate surface area is 84.8 Å². The lowest BCUT2D eigenvalue weighted by Gasteiger charge is -2.12. The van der Waals surface area contributed by atoms with E-state index in [-0.39, 0.29) is 0 Å². The first-order valence-electron chi connectivity index (χ1n) is 4.14. The van der Waals surface area contributed by atoms with Crippen LogP contribution < -0.4 is 5.32 Å². The first-order chi connectivity index (χ1) is 6.53. The third kappa shape index (κ3) is 3.65. The third-order valence-corrected chi connectivity index (χ3v) is 2.50. The molecule has 0 fully saturated rings. The van der Waals surface area contributed by atoms with Gasteiger partial charge in [0.2, 0.25) is 0 Å². The van der Waals surface area contributed by atoms with Gasteiger partial charge in [0.25, 0.3) is 5.92 Å². The third-order valence-electron chi connectivity index (χ3n) is 1.58. The van der Waals surface area contributed by atoms with Gasteiger partial charge in [-0.05, 0) is 6.92 Å². The number of alkyl halides is 2. The second-order valence-electron chi connectivity index (χ2n) is 2.96. The van der Waals surface area contributed by atoms with Gasteiger partial charge < -0.3 is 10.4 Å². The van der Waals surface area contributed by atoms with Crippen molar-refractivity contribution >= 4 is 11.3 Å². The number of nitrogens with one attached hydrogen (secondary N) is 1. The van der Waals surface area contributed by atoms with Crippen LogP contribution in [0.3, 0.4) is 0 Å². The van der Waals surface area contributed by atoms with Gasteiger partial charge in [0.1, 0.15) is 6.61 Å². The molecule has 0 atom stereocenters. The van der Waals surface area contributed by atoms with E-state index in [4.69, 9.17) is 5.11 Å². The maximum absolute atomic E-state index is 12.5. The number of halogens is 2. The molecule has 0 radical (unpaired) electrons. The molecule has 0 amide bonds. The molecule has 0 aliphatic heterocycles. The zero-order valence-electron chi connectivity index (χ0n) is 7.76. The molecule has 0 saturated heterocycles. The Morgan fingerprint density at radius 2 is 2.36 bits per heavy atom. The smallest absolute Gasteiger partial charge is 0.282 e. The normalized spacial score (nSPS) is 12.0. The summed E-state index contributed by atoms with van der Waals surface area (Å²) in [4.78, 5) is 4.91. The molecule has 80 valence electrons. The van der Waals surface area contributed by atoms with E-state index in [0.29, 0.717) is 6.54 Å². The molecule has 2 N–H and O–H groups in total. The number of hydrogen-bond donors (Lipinski definition) is 2. The van der Waals surface area contributed by atoms with Crippen molar-refractivity contribution in [1.29, 1.82) is 0 Å². The number of hydrogen-bond acceptors (Lipinski definition) is 4. The average molecular weight is 222 g/mol. The van der Waals surface area contributed by atoms with Crippen LogP contribution in [0, 0.1) is 6.92 Å². The molecule has 0 bridgehead atoms. The second-order valence-corrected chi connectivity index (χ2v) is 4.28. The number of nitrogens with zero attached hydrogens (tertiary/aromatic N) is 1. The molecule has 1 aromatic rings. The molecule has 1 rings (SSSR count). The fourth-order valence-corrected chi connectivity index (χ4v) is 1.68. The van der Waals surface area contributed by atoms with Crippen LogP contribution in [0.1, 0.15) is 9.88 Å². The molecule has 0 aromatic carbocycles. The van der Waals surface area contributed by atoms with Crippen molar-refractivity contribution in [1.82, 2.24) is 10.3 Å².